The molecule has 2 atom stereocenters. The normalized spacial score (nSPS) is 21.6. The second-order valence-electron chi connectivity index (χ2n) is 6.65. The van der Waals surface area contributed by atoms with Gasteiger partial charge in [-0.2, -0.15) is 5.11 Å². The number of carbonyl (C=O) groups is 2. The van der Waals surface area contributed by atoms with E-state index in [1.54, 1.807) is 5.01 Å². The smallest absolute Gasteiger partial charge is 0.263 e. The van der Waals surface area contributed by atoms with Gasteiger partial charge in [0, 0.05) is 0 Å². The van der Waals surface area contributed by atoms with Gasteiger partial charge in [-0.05, 0) is 42.2 Å². The van der Waals surface area contributed by atoms with Crippen molar-refractivity contribution in [2.45, 2.75) is 38.9 Å². The van der Waals surface area contributed by atoms with Crippen molar-refractivity contribution in [2.75, 3.05) is 4.90 Å². The van der Waals surface area contributed by atoms with E-state index < -0.39 is 12.1 Å². The van der Waals surface area contributed by atoms with Crippen molar-refractivity contribution >= 4 is 17.5 Å². The van der Waals surface area contributed by atoms with Crippen molar-refractivity contribution in [1.82, 2.24) is 5.01 Å². The Labute approximate surface area is 152 Å². The predicted octanol–water partition coefficient (Wildman–Crippen LogP) is 3.05. The molecule has 1 fully saturated rings. The summed E-state index contributed by atoms with van der Waals surface area (Å²) in [6, 6.07) is 14.1. The van der Waals surface area contributed by atoms with Gasteiger partial charge < -0.3 is 0 Å². The molecule has 0 N–H and O–H groups in total. The molecule has 2 aromatic carbocycles. The Hall–Kier alpha value is -3.02. The van der Waals surface area contributed by atoms with Crippen molar-refractivity contribution in [2.24, 2.45) is 10.3 Å². The molecular weight excluding hydrogens is 328 g/mol. The van der Waals surface area contributed by atoms with Crippen molar-refractivity contribution < 1.29 is 9.59 Å². The molecule has 0 spiro atoms. The van der Waals surface area contributed by atoms with Crippen LogP contribution in [0.15, 0.2) is 58.9 Å². The number of anilines is 1. The molecule has 6 nitrogen and oxygen atoms in total. The van der Waals surface area contributed by atoms with E-state index in [2.05, 4.69) is 17.3 Å². The summed E-state index contributed by atoms with van der Waals surface area (Å²) in [5, 5.41) is 9.82. The zero-order chi connectivity index (χ0) is 18.3. The van der Waals surface area contributed by atoms with Crippen LogP contribution in [-0.4, -0.2) is 28.9 Å². The van der Waals surface area contributed by atoms with Crippen LogP contribution in [0.2, 0.25) is 0 Å². The van der Waals surface area contributed by atoms with Crippen LogP contribution >= 0.6 is 0 Å². The summed E-state index contributed by atoms with van der Waals surface area (Å²) in [6.07, 6.45) is 0.909. The Morgan fingerprint density at radius 3 is 2.42 bits per heavy atom. The van der Waals surface area contributed by atoms with Gasteiger partial charge in [-0.25, -0.2) is 4.90 Å². The summed E-state index contributed by atoms with van der Waals surface area (Å²) in [5.74, 6) is -0.567. The van der Waals surface area contributed by atoms with Crippen molar-refractivity contribution in [3.8, 4) is 0 Å². The first-order valence-electron chi connectivity index (χ1n) is 8.79. The van der Waals surface area contributed by atoms with Crippen LogP contribution < -0.4 is 4.90 Å². The fourth-order valence-electron chi connectivity index (χ4n) is 3.45. The molecular formula is C20H20N4O2. The van der Waals surface area contributed by atoms with E-state index in [1.165, 1.54) is 4.90 Å². The topological polar surface area (TPSA) is 65.3 Å². The van der Waals surface area contributed by atoms with Gasteiger partial charge in [0.15, 0.2) is 12.1 Å². The molecule has 2 amide bonds. The number of carbonyl (C=O) groups excluding carboxylic acids is 2. The van der Waals surface area contributed by atoms with Crippen LogP contribution in [0.3, 0.4) is 0 Å². The highest BCUT2D eigenvalue weighted by atomic mass is 16.2. The molecule has 0 bridgehead atoms. The van der Waals surface area contributed by atoms with Crippen LogP contribution in [0, 0.1) is 6.92 Å². The van der Waals surface area contributed by atoms with E-state index in [0.29, 0.717) is 12.2 Å². The molecule has 2 aromatic rings. The van der Waals surface area contributed by atoms with Crippen LogP contribution in [0.1, 0.15) is 23.6 Å². The Morgan fingerprint density at radius 2 is 1.73 bits per heavy atom. The van der Waals surface area contributed by atoms with E-state index in [-0.39, 0.29) is 11.8 Å². The maximum atomic E-state index is 13.0. The quantitative estimate of drug-likeness (QED) is 0.798. The Kier molecular flexibility index (Phi) is 4.03. The first-order chi connectivity index (χ1) is 12.6. The molecule has 6 heteroatoms. The van der Waals surface area contributed by atoms with Crippen molar-refractivity contribution in [1.29, 1.82) is 0 Å². The number of nitrogens with zero attached hydrogens (tertiary/aromatic N) is 4. The lowest BCUT2D eigenvalue weighted by molar-refractivity contribution is -0.123. The van der Waals surface area contributed by atoms with Gasteiger partial charge >= 0.3 is 0 Å². The molecule has 0 aromatic heterocycles. The lowest BCUT2D eigenvalue weighted by Crippen LogP contribution is -2.39. The van der Waals surface area contributed by atoms with Crippen molar-refractivity contribution in [3.05, 3.63) is 65.2 Å². The summed E-state index contributed by atoms with van der Waals surface area (Å²) >= 11 is 0. The van der Waals surface area contributed by atoms with Crippen LogP contribution in [0.5, 0.6) is 0 Å². The number of imide groups is 1. The first-order valence-corrected chi connectivity index (χ1v) is 8.79. The fraction of sp³-hybridized carbons (Fsp3) is 0.300. The second kappa shape index (κ2) is 6.37. The van der Waals surface area contributed by atoms with Crippen LogP contribution in [0.25, 0.3) is 0 Å². The number of fused-ring (bicyclic) bond motifs is 1. The van der Waals surface area contributed by atoms with Crippen LogP contribution in [0.4, 0.5) is 5.69 Å². The third-order valence-corrected chi connectivity index (χ3v) is 5.05. The summed E-state index contributed by atoms with van der Waals surface area (Å²) in [7, 11) is 0. The van der Waals surface area contributed by atoms with Gasteiger partial charge in [0.25, 0.3) is 11.8 Å². The van der Waals surface area contributed by atoms with E-state index in [0.717, 1.165) is 23.1 Å². The maximum Gasteiger partial charge on any atom is 0.263 e. The van der Waals surface area contributed by atoms with E-state index in [4.69, 9.17) is 0 Å². The second-order valence-corrected chi connectivity index (χ2v) is 6.65. The minimum absolute atomic E-state index is 0.261. The van der Waals surface area contributed by atoms with Gasteiger partial charge in [0.2, 0.25) is 0 Å². The predicted molar refractivity (Wildman–Crippen MR) is 97.5 cm³/mol. The molecule has 4 rings (SSSR count). The SMILES string of the molecule is CCc1ccc(N2C(=O)[C@@H]3N=NN(Cc4ccccc4C)[C@H]3C2=O)cc1. The van der Waals surface area contributed by atoms with E-state index in [1.807, 2.05) is 55.5 Å². The minimum atomic E-state index is -0.752. The zero-order valence-electron chi connectivity index (χ0n) is 14.8. The average molecular weight is 348 g/mol. The minimum Gasteiger partial charge on any atom is -0.271 e. The number of hydrogen-bond donors (Lipinski definition) is 0. The molecule has 0 saturated carbocycles. The Balaban J connectivity index is 1.60. The van der Waals surface area contributed by atoms with Gasteiger partial charge in [-0.3, -0.25) is 14.6 Å². The molecule has 1 saturated heterocycles. The van der Waals surface area contributed by atoms with Gasteiger partial charge in [-0.1, -0.05) is 48.5 Å². The Morgan fingerprint density at radius 1 is 1.00 bits per heavy atom. The lowest BCUT2D eigenvalue weighted by Gasteiger charge is -2.21. The third kappa shape index (κ3) is 2.58. The molecule has 2 heterocycles. The zero-order valence-corrected chi connectivity index (χ0v) is 14.8. The first kappa shape index (κ1) is 16.4. The molecule has 2 aliphatic heterocycles. The van der Waals surface area contributed by atoms with Gasteiger partial charge in [0.1, 0.15) is 0 Å². The average Bonchev–Trinajstić information content (AvgIpc) is 3.17. The summed E-state index contributed by atoms with van der Waals surface area (Å²) in [4.78, 5) is 27.0. The highest BCUT2D eigenvalue weighted by molar-refractivity contribution is 6.25. The summed E-state index contributed by atoms with van der Waals surface area (Å²) in [6.45, 7) is 4.54. The number of aryl methyl sites for hydroxylation is 2. The molecule has 0 aliphatic carbocycles. The number of hydrogen-bond acceptors (Lipinski definition) is 5. The summed E-state index contributed by atoms with van der Waals surface area (Å²) < 4.78 is 0. The van der Waals surface area contributed by atoms with E-state index >= 15 is 0 Å². The molecule has 2 aliphatic rings. The van der Waals surface area contributed by atoms with Crippen molar-refractivity contribution in [3.63, 3.8) is 0 Å². The van der Waals surface area contributed by atoms with Gasteiger partial charge in [0.05, 0.1) is 12.2 Å². The molecule has 0 unspecified atom stereocenters. The monoisotopic (exact) mass is 348 g/mol. The van der Waals surface area contributed by atoms with E-state index in [9.17, 15) is 9.59 Å². The Bertz CT molecular complexity index is 891. The third-order valence-electron chi connectivity index (χ3n) is 5.05. The standard InChI is InChI=1S/C20H20N4O2/c1-3-14-8-10-16(11-9-14)24-19(25)17-18(20(24)26)23(22-21-17)12-15-7-5-4-6-13(15)2/h4-11,17-18H,3,12H2,1-2H3/t17-,18-/m1/s1. The molecule has 0 radical (unpaired) electrons. The summed E-state index contributed by atoms with van der Waals surface area (Å²) in [5.41, 5.74) is 3.94. The molecule has 26 heavy (non-hydrogen) atoms. The maximum absolute atomic E-state index is 13.0. The van der Waals surface area contributed by atoms with Gasteiger partial charge in [-0.15, -0.1) is 0 Å². The molecule has 132 valence electrons. The largest absolute Gasteiger partial charge is 0.271 e. The number of benzene rings is 2. The lowest BCUT2D eigenvalue weighted by atomic mass is 10.1. The number of rotatable bonds is 4. The highest BCUT2D eigenvalue weighted by Gasteiger charge is 2.54. The van der Waals surface area contributed by atoms with Crippen LogP contribution in [-0.2, 0) is 22.6 Å². The fourth-order valence-corrected chi connectivity index (χ4v) is 3.45. The number of amides is 2. The highest BCUT2D eigenvalue weighted by Crippen LogP contribution is 2.33.